The largest absolute Gasteiger partial charge is 0.364 e. The van der Waals surface area contributed by atoms with Gasteiger partial charge in [-0.3, -0.25) is 0 Å². The summed E-state index contributed by atoms with van der Waals surface area (Å²) < 4.78 is 0. The van der Waals surface area contributed by atoms with Gasteiger partial charge in [0.2, 0.25) is 0 Å². The molecule has 0 bridgehead atoms. The Bertz CT molecular complexity index is 551. The van der Waals surface area contributed by atoms with Crippen molar-refractivity contribution in [2.24, 2.45) is 0 Å². The first kappa shape index (κ1) is 13.9. The quantitative estimate of drug-likeness (QED) is 0.735. The predicted molar refractivity (Wildman–Crippen MR) is 88.8 cm³/mol. The van der Waals surface area contributed by atoms with Gasteiger partial charge in [-0.05, 0) is 30.3 Å². The van der Waals surface area contributed by atoms with Crippen LogP contribution in [-0.2, 0) is 0 Å². The number of rotatable bonds is 7. The second-order valence-electron chi connectivity index (χ2n) is 4.52. The highest BCUT2D eigenvalue weighted by Gasteiger charge is 2.03. The molecule has 102 valence electrons. The van der Waals surface area contributed by atoms with Crippen LogP contribution in [0, 0.1) is 0 Å². The first-order chi connectivity index (χ1) is 9.83. The molecule has 2 rings (SSSR count). The molecule has 20 heavy (non-hydrogen) atoms. The number of benzene rings is 2. The lowest BCUT2D eigenvalue weighted by Crippen LogP contribution is -2.22. The summed E-state index contributed by atoms with van der Waals surface area (Å²) in [5, 5.41) is 3.41. The molecule has 0 aliphatic rings. The third kappa shape index (κ3) is 3.75. The van der Waals surface area contributed by atoms with Gasteiger partial charge in [-0.25, -0.2) is 0 Å². The van der Waals surface area contributed by atoms with Crippen LogP contribution in [0.3, 0.4) is 0 Å². The summed E-state index contributed by atoms with van der Waals surface area (Å²) in [5.74, 6) is 0. The molecule has 0 aromatic heterocycles. The SMILES string of the molecule is C=CCN(CC=C)c1cccc(Nc2ccccc2)c1. The van der Waals surface area contributed by atoms with E-state index in [2.05, 4.69) is 59.8 Å². The van der Waals surface area contributed by atoms with Gasteiger partial charge in [-0.2, -0.15) is 0 Å². The van der Waals surface area contributed by atoms with Crippen LogP contribution >= 0.6 is 0 Å². The maximum atomic E-state index is 3.81. The number of nitrogens with one attached hydrogen (secondary N) is 1. The van der Waals surface area contributed by atoms with Gasteiger partial charge >= 0.3 is 0 Å². The molecule has 0 radical (unpaired) electrons. The molecule has 0 saturated carbocycles. The average molecular weight is 264 g/mol. The Kier molecular flexibility index (Phi) is 5.01. The molecule has 0 fully saturated rings. The maximum absolute atomic E-state index is 3.81. The zero-order chi connectivity index (χ0) is 14.2. The minimum atomic E-state index is 0.806. The topological polar surface area (TPSA) is 15.3 Å². The molecule has 0 unspecified atom stereocenters. The van der Waals surface area contributed by atoms with Crippen molar-refractivity contribution in [1.29, 1.82) is 0 Å². The molecular formula is C18H20N2. The van der Waals surface area contributed by atoms with Crippen LogP contribution in [-0.4, -0.2) is 13.1 Å². The van der Waals surface area contributed by atoms with Gasteiger partial charge in [0, 0.05) is 30.2 Å². The summed E-state index contributed by atoms with van der Waals surface area (Å²) >= 11 is 0. The van der Waals surface area contributed by atoms with Gasteiger partial charge in [0.25, 0.3) is 0 Å². The standard InChI is InChI=1S/C18H20N2/c1-3-13-20(14-4-2)18-12-8-11-17(15-18)19-16-9-6-5-7-10-16/h3-12,15,19H,1-2,13-14H2. The van der Waals surface area contributed by atoms with Crippen molar-refractivity contribution in [3.8, 4) is 0 Å². The Balaban J connectivity index is 2.18. The Morgan fingerprint density at radius 2 is 1.50 bits per heavy atom. The summed E-state index contributed by atoms with van der Waals surface area (Å²) in [7, 11) is 0. The fraction of sp³-hybridized carbons (Fsp3) is 0.111. The maximum Gasteiger partial charge on any atom is 0.0405 e. The van der Waals surface area contributed by atoms with Crippen LogP contribution in [0.2, 0.25) is 0 Å². The summed E-state index contributed by atoms with van der Waals surface area (Å²) in [5.41, 5.74) is 3.32. The number of hydrogen-bond donors (Lipinski definition) is 1. The van der Waals surface area contributed by atoms with Crippen molar-refractivity contribution >= 4 is 17.1 Å². The van der Waals surface area contributed by atoms with E-state index in [4.69, 9.17) is 0 Å². The van der Waals surface area contributed by atoms with E-state index in [0.29, 0.717) is 0 Å². The minimum absolute atomic E-state index is 0.806. The highest BCUT2D eigenvalue weighted by Crippen LogP contribution is 2.22. The first-order valence-electron chi connectivity index (χ1n) is 6.72. The number of hydrogen-bond acceptors (Lipinski definition) is 2. The van der Waals surface area contributed by atoms with E-state index in [1.807, 2.05) is 30.4 Å². The van der Waals surface area contributed by atoms with Crippen LogP contribution in [0.15, 0.2) is 79.9 Å². The lowest BCUT2D eigenvalue weighted by molar-refractivity contribution is 0.957. The van der Waals surface area contributed by atoms with Crippen molar-refractivity contribution in [2.45, 2.75) is 0 Å². The number of anilines is 3. The average Bonchev–Trinajstić information content (AvgIpc) is 2.48. The molecule has 2 aromatic carbocycles. The molecule has 0 aliphatic heterocycles. The third-order valence-electron chi connectivity index (χ3n) is 2.97. The van der Waals surface area contributed by atoms with Crippen LogP contribution in [0.5, 0.6) is 0 Å². The van der Waals surface area contributed by atoms with Crippen LogP contribution < -0.4 is 10.2 Å². The zero-order valence-electron chi connectivity index (χ0n) is 11.6. The Hall–Kier alpha value is -2.48. The van der Waals surface area contributed by atoms with Crippen molar-refractivity contribution in [3.05, 3.63) is 79.9 Å². The van der Waals surface area contributed by atoms with Gasteiger partial charge in [-0.15, -0.1) is 13.2 Å². The number of para-hydroxylation sites is 1. The van der Waals surface area contributed by atoms with Gasteiger partial charge in [-0.1, -0.05) is 36.4 Å². The molecular weight excluding hydrogens is 244 g/mol. The second-order valence-corrected chi connectivity index (χ2v) is 4.52. The normalized spacial score (nSPS) is 9.80. The Labute approximate surface area is 121 Å². The van der Waals surface area contributed by atoms with E-state index >= 15 is 0 Å². The van der Waals surface area contributed by atoms with E-state index in [-0.39, 0.29) is 0 Å². The van der Waals surface area contributed by atoms with E-state index in [1.54, 1.807) is 0 Å². The molecule has 0 atom stereocenters. The molecule has 2 aromatic rings. The van der Waals surface area contributed by atoms with Crippen LogP contribution in [0.25, 0.3) is 0 Å². The molecule has 2 nitrogen and oxygen atoms in total. The molecule has 2 heteroatoms. The van der Waals surface area contributed by atoms with Crippen LogP contribution in [0.1, 0.15) is 0 Å². The molecule has 1 N–H and O–H groups in total. The van der Waals surface area contributed by atoms with E-state index in [1.165, 1.54) is 0 Å². The first-order valence-corrected chi connectivity index (χ1v) is 6.72. The van der Waals surface area contributed by atoms with E-state index in [9.17, 15) is 0 Å². The lowest BCUT2D eigenvalue weighted by atomic mass is 10.2. The van der Waals surface area contributed by atoms with Gasteiger partial charge in [0.05, 0.1) is 0 Å². The van der Waals surface area contributed by atoms with Gasteiger partial charge in [0.15, 0.2) is 0 Å². The van der Waals surface area contributed by atoms with Gasteiger partial charge in [0.1, 0.15) is 0 Å². The fourth-order valence-corrected chi connectivity index (χ4v) is 2.07. The van der Waals surface area contributed by atoms with Gasteiger partial charge < -0.3 is 10.2 Å². The van der Waals surface area contributed by atoms with Crippen LogP contribution in [0.4, 0.5) is 17.1 Å². The highest BCUT2D eigenvalue weighted by molar-refractivity contribution is 5.65. The second kappa shape index (κ2) is 7.19. The third-order valence-corrected chi connectivity index (χ3v) is 2.97. The van der Waals surface area contributed by atoms with E-state index < -0.39 is 0 Å². The Morgan fingerprint density at radius 1 is 0.850 bits per heavy atom. The molecule has 0 heterocycles. The number of nitrogens with zero attached hydrogens (tertiary/aromatic N) is 1. The summed E-state index contributed by atoms with van der Waals surface area (Å²) in [6.45, 7) is 9.23. The molecule has 0 saturated heterocycles. The molecule has 0 amide bonds. The molecule has 0 aliphatic carbocycles. The minimum Gasteiger partial charge on any atom is -0.364 e. The smallest absolute Gasteiger partial charge is 0.0405 e. The predicted octanol–water partition coefficient (Wildman–Crippen LogP) is 4.61. The zero-order valence-corrected chi connectivity index (χ0v) is 11.6. The summed E-state index contributed by atoms with van der Waals surface area (Å²) in [4.78, 5) is 2.22. The van der Waals surface area contributed by atoms with Crippen molar-refractivity contribution < 1.29 is 0 Å². The van der Waals surface area contributed by atoms with E-state index in [0.717, 1.165) is 30.2 Å². The summed E-state index contributed by atoms with van der Waals surface area (Å²) in [6, 6.07) is 18.5. The van der Waals surface area contributed by atoms with Crippen molar-refractivity contribution in [1.82, 2.24) is 0 Å². The molecule has 0 spiro atoms. The fourth-order valence-electron chi connectivity index (χ4n) is 2.07. The van der Waals surface area contributed by atoms with Crippen molar-refractivity contribution in [2.75, 3.05) is 23.3 Å². The summed E-state index contributed by atoms with van der Waals surface area (Å²) in [6.07, 6.45) is 3.81. The lowest BCUT2D eigenvalue weighted by Gasteiger charge is -2.22. The monoisotopic (exact) mass is 264 g/mol. The highest BCUT2D eigenvalue weighted by atomic mass is 15.1. The Morgan fingerprint density at radius 3 is 2.15 bits per heavy atom. The van der Waals surface area contributed by atoms with Crippen molar-refractivity contribution in [3.63, 3.8) is 0 Å².